The molecule has 1 heterocycles. The average Bonchev–Trinajstić information content (AvgIpc) is 2.90. The van der Waals surface area contributed by atoms with E-state index in [0.29, 0.717) is 52.2 Å². The second kappa shape index (κ2) is 11.9. The van der Waals surface area contributed by atoms with Crippen LogP contribution in [0.5, 0.6) is 11.5 Å². The third-order valence-electron chi connectivity index (χ3n) is 5.69. The molecule has 0 saturated carbocycles. The summed E-state index contributed by atoms with van der Waals surface area (Å²) >= 11 is 0. The zero-order chi connectivity index (χ0) is 27.1. The van der Waals surface area contributed by atoms with Crippen LogP contribution in [-0.2, 0) is 11.2 Å². The highest BCUT2D eigenvalue weighted by Gasteiger charge is 2.15. The van der Waals surface area contributed by atoms with Crippen LogP contribution in [0.1, 0.15) is 23.6 Å². The molecule has 4 aromatic rings. The summed E-state index contributed by atoms with van der Waals surface area (Å²) in [6.07, 6.45) is 3.52. The summed E-state index contributed by atoms with van der Waals surface area (Å²) < 4.78 is 12.5. The number of ether oxygens (including phenoxy) is 2. The van der Waals surface area contributed by atoms with E-state index in [4.69, 9.17) is 9.47 Å². The number of allylic oxidation sites excluding steroid dienone is 1. The minimum atomic E-state index is -0.652. The van der Waals surface area contributed by atoms with Crippen molar-refractivity contribution in [3.05, 3.63) is 111 Å². The van der Waals surface area contributed by atoms with Gasteiger partial charge in [-0.1, -0.05) is 36.4 Å². The standard InChI is InChI=1S/C29H28N4O5/c1-4-10-21-15-20(17-30-33-28(35)22-12-7-9-14-24(22)32-29(33)36)16-25(37-5-2)27(21)38-18-26(34)31-23-13-8-6-11-19(23)3/h4,6-9,11-17H,1,5,10,18H2,2-3H3,(H,31,34)(H,32,36). The Morgan fingerprint density at radius 1 is 1.11 bits per heavy atom. The number of para-hydroxylation sites is 2. The van der Waals surface area contributed by atoms with Gasteiger partial charge in [0.05, 0.1) is 23.7 Å². The largest absolute Gasteiger partial charge is 0.490 e. The maximum Gasteiger partial charge on any atom is 0.349 e. The van der Waals surface area contributed by atoms with Crippen molar-refractivity contribution in [1.82, 2.24) is 9.66 Å². The summed E-state index contributed by atoms with van der Waals surface area (Å²) in [5.41, 5.74) is 2.18. The van der Waals surface area contributed by atoms with Gasteiger partial charge in [0.15, 0.2) is 18.1 Å². The molecule has 3 aromatic carbocycles. The first-order chi connectivity index (χ1) is 18.4. The van der Waals surface area contributed by atoms with Crippen LogP contribution in [0.2, 0.25) is 0 Å². The number of nitrogens with zero attached hydrogens (tertiary/aromatic N) is 2. The number of aromatic amines is 1. The molecular formula is C29H28N4O5. The molecule has 0 unspecified atom stereocenters. The van der Waals surface area contributed by atoms with Crippen molar-refractivity contribution in [2.24, 2.45) is 5.10 Å². The molecule has 38 heavy (non-hydrogen) atoms. The first-order valence-electron chi connectivity index (χ1n) is 12.1. The van der Waals surface area contributed by atoms with Crippen molar-refractivity contribution in [2.75, 3.05) is 18.5 Å². The molecule has 0 atom stereocenters. The predicted octanol–water partition coefficient (Wildman–Crippen LogP) is 4.03. The Morgan fingerprint density at radius 3 is 2.63 bits per heavy atom. The van der Waals surface area contributed by atoms with E-state index in [1.165, 1.54) is 6.21 Å². The van der Waals surface area contributed by atoms with Gasteiger partial charge in [-0.05, 0) is 61.7 Å². The van der Waals surface area contributed by atoms with E-state index < -0.39 is 11.2 Å². The third-order valence-corrected chi connectivity index (χ3v) is 5.69. The molecule has 0 radical (unpaired) electrons. The summed E-state index contributed by atoms with van der Waals surface area (Å²) in [5, 5.41) is 7.33. The monoisotopic (exact) mass is 512 g/mol. The minimum Gasteiger partial charge on any atom is -0.490 e. The lowest BCUT2D eigenvalue weighted by Gasteiger charge is -2.17. The van der Waals surface area contributed by atoms with Gasteiger partial charge in [0.1, 0.15) is 0 Å². The fraction of sp³-hybridized carbons (Fsp3) is 0.172. The van der Waals surface area contributed by atoms with E-state index in [-0.39, 0.29) is 12.5 Å². The smallest absolute Gasteiger partial charge is 0.349 e. The number of H-pyrrole nitrogens is 1. The number of rotatable bonds is 10. The van der Waals surface area contributed by atoms with Crippen molar-refractivity contribution in [1.29, 1.82) is 0 Å². The Kier molecular flexibility index (Phi) is 8.17. The lowest BCUT2D eigenvalue weighted by molar-refractivity contribution is -0.118. The molecule has 1 aromatic heterocycles. The molecule has 194 valence electrons. The predicted molar refractivity (Wildman–Crippen MR) is 149 cm³/mol. The fourth-order valence-electron chi connectivity index (χ4n) is 3.91. The number of carbonyl (C=O) groups excluding carboxylic acids is 1. The van der Waals surface area contributed by atoms with Crippen LogP contribution in [-0.4, -0.2) is 35.0 Å². The molecule has 9 nitrogen and oxygen atoms in total. The van der Waals surface area contributed by atoms with Crippen LogP contribution < -0.4 is 26.0 Å². The number of carbonyl (C=O) groups is 1. The maximum atomic E-state index is 12.8. The second-order valence-electron chi connectivity index (χ2n) is 8.42. The number of nitrogens with one attached hydrogen (secondary N) is 2. The number of amides is 1. The van der Waals surface area contributed by atoms with E-state index in [1.807, 2.05) is 38.1 Å². The Hall–Kier alpha value is -4.92. The summed E-state index contributed by atoms with van der Waals surface area (Å²) in [7, 11) is 0. The Labute approximate surface area is 219 Å². The zero-order valence-corrected chi connectivity index (χ0v) is 21.2. The first kappa shape index (κ1) is 26.2. The van der Waals surface area contributed by atoms with E-state index in [1.54, 1.807) is 42.5 Å². The number of hydrogen-bond acceptors (Lipinski definition) is 6. The SMILES string of the molecule is C=CCc1cc(C=Nn2c(=O)[nH]c3ccccc3c2=O)cc(OCC)c1OCC(=O)Nc1ccccc1C. The Bertz CT molecular complexity index is 1630. The molecule has 0 aliphatic heterocycles. The topological polar surface area (TPSA) is 115 Å². The highest BCUT2D eigenvalue weighted by molar-refractivity contribution is 5.92. The van der Waals surface area contributed by atoms with Crippen LogP contribution in [0.4, 0.5) is 5.69 Å². The highest BCUT2D eigenvalue weighted by atomic mass is 16.5. The lowest BCUT2D eigenvalue weighted by Crippen LogP contribution is -2.32. The number of aryl methyl sites for hydroxylation is 1. The van der Waals surface area contributed by atoms with E-state index in [0.717, 1.165) is 10.2 Å². The summed E-state index contributed by atoms with van der Waals surface area (Å²) in [4.78, 5) is 40.5. The van der Waals surface area contributed by atoms with Gasteiger partial charge >= 0.3 is 5.69 Å². The minimum absolute atomic E-state index is 0.228. The van der Waals surface area contributed by atoms with Gasteiger partial charge in [-0.15, -0.1) is 11.3 Å². The van der Waals surface area contributed by atoms with Gasteiger partial charge in [0.2, 0.25) is 0 Å². The second-order valence-corrected chi connectivity index (χ2v) is 8.42. The van der Waals surface area contributed by atoms with E-state index in [2.05, 4.69) is 22.0 Å². The molecule has 2 N–H and O–H groups in total. The van der Waals surface area contributed by atoms with Gasteiger partial charge < -0.3 is 19.8 Å². The molecule has 0 spiro atoms. The van der Waals surface area contributed by atoms with Gasteiger partial charge in [-0.2, -0.15) is 5.10 Å². The molecule has 0 aliphatic carbocycles. The summed E-state index contributed by atoms with van der Waals surface area (Å²) in [6, 6.07) is 17.7. The molecule has 0 bridgehead atoms. The first-order valence-corrected chi connectivity index (χ1v) is 12.1. The molecule has 0 fully saturated rings. The van der Waals surface area contributed by atoms with Gasteiger partial charge in [-0.3, -0.25) is 9.59 Å². The van der Waals surface area contributed by atoms with Gasteiger partial charge in [-0.25, -0.2) is 4.79 Å². The summed E-state index contributed by atoms with van der Waals surface area (Å²) in [5.74, 6) is 0.494. The van der Waals surface area contributed by atoms with Gasteiger partial charge in [0, 0.05) is 11.3 Å². The van der Waals surface area contributed by atoms with Crippen molar-refractivity contribution >= 4 is 28.7 Å². The fourth-order valence-corrected chi connectivity index (χ4v) is 3.91. The van der Waals surface area contributed by atoms with Gasteiger partial charge in [0.25, 0.3) is 11.5 Å². The number of aromatic nitrogens is 2. The van der Waals surface area contributed by atoms with Crippen molar-refractivity contribution in [2.45, 2.75) is 20.3 Å². The molecule has 1 amide bonds. The maximum absolute atomic E-state index is 12.8. The normalized spacial score (nSPS) is 11.0. The Balaban J connectivity index is 1.63. The lowest BCUT2D eigenvalue weighted by atomic mass is 10.1. The highest BCUT2D eigenvalue weighted by Crippen LogP contribution is 2.33. The average molecular weight is 513 g/mol. The van der Waals surface area contributed by atoms with E-state index in [9.17, 15) is 14.4 Å². The number of fused-ring (bicyclic) bond motifs is 1. The zero-order valence-electron chi connectivity index (χ0n) is 21.2. The van der Waals surface area contributed by atoms with E-state index >= 15 is 0 Å². The molecule has 9 heteroatoms. The molecule has 4 rings (SSSR count). The van der Waals surface area contributed by atoms with Crippen LogP contribution in [0, 0.1) is 6.92 Å². The molecule has 0 saturated heterocycles. The van der Waals surface area contributed by atoms with Crippen LogP contribution >= 0.6 is 0 Å². The van der Waals surface area contributed by atoms with Crippen molar-refractivity contribution in [3.63, 3.8) is 0 Å². The van der Waals surface area contributed by atoms with Crippen molar-refractivity contribution < 1.29 is 14.3 Å². The number of hydrogen-bond donors (Lipinski definition) is 2. The quantitative estimate of drug-likeness (QED) is 0.246. The number of benzene rings is 3. The van der Waals surface area contributed by atoms with Crippen LogP contribution in [0.3, 0.4) is 0 Å². The molecular weight excluding hydrogens is 484 g/mol. The van der Waals surface area contributed by atoms with Crippen LogP contribution in [0.15, 0.2) is 88.0 Å². The Morgan fingerprint density at radius 2 is 1.87 bits per heavy atom. The third kappa shape index (κ3) is 5.89. The molecule has 0 aliphatic rings. The number of anilines is 1. The van der Waals surface area contributed by atoms with Crippen LogP contribution in [0.25, 0.3) is 10.9 Å². The van der Waals surface area contributed by atoms with Crippen molar-refractivity contribution in [3.8, 4) is 11.5 Å². The summed E-state index contributed by atoms with van der Waals surface area (Å²) in [6.45, 7) is 7.67.